The van der Waals surface area contributed by atoms with Crippen molar-refractivity contribution in [3.8, 4) is 0 Å². The predicted octanol–water partition coefficient (Wildman–Crippen LogP) is 3.70. The van der Waals surface area contributed by atoms with E-state index in [0.29, 0.717) is 12.0 Å². The summed E-state index contributed by atoms with van der Waals surface area (Å²) in [7, 11) is 0. The molecule has 96 valence electrons. The molecule has 1 N–H and O–H groups in total. The van der Waals surface area contributed by atoms with Gasteiger partial charge in [0.2, 0.25) is 5.13 Å². The highest BCUT2D eigenvalue weighted by atomic mass is 32.1. The third-order valence-corrected chi connectivity index (χ3v) is 3.37. The second kappa shape index (κ2) is 5.96. The van der Waals surface area contributed by atoms with E-state index in [0.717, 1.165) is 17.4 Å². The lowest BCUT2D eigenvalue weighted by molar-refractivity contribution is 0.775. The maximum absolute atomic E-state index is 4.49. The number of hydrogen-bond acceptors (Lipinski definition) is 4. The number of nitrogens with one attached hydrogen (secondary N) is 1. The number of aromatic nitrogens is 2. The maximum Gasteiger partial charge on any atom is 0.202 e. The van der Waals surface area contributed by atoms with E-state index in [2.05, 4.69) is 59.7 Å². The molecule has 3 nitrogen and oxygen atoms in total. The van der Waals surface area contributed by atoms with Gasteiger partial charge < -0.3 is 5.32 Å². The van der Waals surface area contributed by atoms with Gasteiger partial charge in [-0.1, -0.05) is 44.2 Å². The van der Waals surface area contributed by atoms with Crippen LogP contribution in [0.5, 0.6) is 0 Å². The van der Waals surface area contributed by atoms with Crippen LogP contribution in [0.25, 0.3) is 0 Å². The van der Waals surface area contributed by atoms with Crippen molar-refractivity contribution in [2.24, 2.45) is 0 Å². The lowest BCUT2D eigenvalue weighted by Crippen LogP contribution is -2.17. The molecule has 2 aromatic rings. The van der Waals surface area contributed by atoms with E-state index in [1.807, 2.05) is 6.07 Å². The highest BCUT2D eigenvalue weighted by Gasteiger charge is 2.10. The van der Waals surface area contributed by atoms with E-state index in [1.54, 1.807) is 0 Å². The Kier molecular flexibility index (Phi) is 4.31. The zero-order chi connectivity index (χ0) is 13.0. The van der Waals surface area contributed by atoms with Crippen molar-refractivity contribution in [3.63, 3.8) is 0 Å². The number of rotatable bonds is 5. The van der Waals surface area contributed by atoms with E-state index in [-0.39, 0.29) is 0 Å². The normalized spacial score (nSPS) is 12.7. The zero-order valence-electron chi connectivity index (χ0n) is 11.1. The molecule has 18 heavy (non-hydrogen) atoms. The van der Waals surface area contributed by atoms with Crippen molar-refractivity contribution in [1.82, 2.24) is 9.36 Å². The minimum Gasteiger partial charge on any atom is -0.357 e. The SMILES string of the molecule is CC(Cc1ccccc1)Nc1nc(C(C)C)ns1. The fraction of sp³-hybridized carbons (Fsp3) is 0.429. The first-order valence-electron chi connectivity index (χ1n) is 6.29. The molecule has 0 aliphatic heterocycles. The highest BCUT2D eigenvalue weighted by molar-refractivity contribution is 7.09. The Bertz CT molecular complexity index is 479. The van der Waals surface area contributed by atoms with Gasteiger partial charge >= 0.3 is 0 Å². The second-order valence-corrected chi connectivity index (χ2v) is 5.60. The molecule has 0 saturated heterocycles. The van der Waals surface area contributed by atoms with Gasteiger partial charge in [-0.3, -0.25) is 0 Å². The van der Waals surface area contributed by atoms with Gasteiger partial charge in [0.15, 0.2) is 0 Å². The molecule has 0 aliphatic carbocycles. The average Bonchev–Trinajstić information content (AvgIpc) is 2.78. The number of nitrogens with zero attached hydrogens (tertiary/aromatic N) is 2. The molecule has 0 fully saturated rings. The van der Waals surface area contributed by atoms with Crippen LogP contribution in [0.2, 0.25) is 0 Å². The van der Waals surface area contributed by atoms with Crippen molar-refractivity contribution in [2.75, 3.05) is 5.32 Å². The van der Waals surface area contributed by atoms with Crippen LogP contribution in [0.15, 0.2) is 30.3 Å². The number of benzene rings is 1. The first-order valence-corrected chi connectivity index (χ1v) is 7.06. The summed E-state index contributed by atoms with van der Waals surface area (Å²) < 4.78 is 4.34. The molecule has 0 radical (unpaired) electrons. The van der Waals surface area contributed by atoms with E-state index in [4.69, 9.17) is 0 Å². The second-order valence-electron chi connectivity index (χ2n) is 4.85. The monoisotopic (exact) mass is 261 g/mol. The van der Waals surface area contributed by atoms with Gasteiger partial charge in [-0.15, -0.1) is 0 Å². The molecule has 0 bridgehead atoms. The number of anilines is 1. The van der Waals surface area contributed by atoms with Crippen molar-refractivity contribution in [1.29, 1.82) is 0 Å². The first kappa shape index (κ1) is 13.0. The third-order valence-electron chi connectivity index (χ3n) is 2.71. The van der Waals surface area contributed by atoms with Crippen LogP contribution in [0, 0.1) is 0 Å². The van der Waals surface area contributed by atoms with Crippen LogP contribution in [-0.4, -0.2) is 15.4 Å². The standard InChI is InChI=1S/C14H19N3S/c1-10(2)13-16-14(18-17-13)15-11(3)9-12-7-5-4-6-8-12/h4-8,10-11H,9H2,1-3H3,(H,15,16,17). The molecule has 2 rings (SSSR count). The van der Waals surface area contributed by atoms with E-state index >= 15 is 0 Å². The van der Waals surface area contributed by atoms with Gasteiger partial charge in [-0.2, -0.15) is 4.37 Å². The van der Waals surface area contributed by atoms with E-state index < -0.39 is 0 Å². The van der Waals surface area contributed by atoms with Crippen LogP contribution in [0.1, 0.15) is 38.1 Å². The molecule has 0 saturated carbocycles. The van der Waals surface area contributed by atoms with Gasteiger partial charge in [0.1, 0.15) is 5.82 Å². The Hall–Kier alpha value is -1.42. The largest absolute Gasteiger partial charge is 0.357 e. The molecule has 4 heteroatoms. The molecule has 1 aromatic carbocycles. The fourth-order valence-corrected chi connectivity index (χ4v) is 2.58. The Balaban J connectivity index is 1.92. The summed E-state index contributed by atoms with van der Waals surface area (Å²) in [4.78, 5) is 4.49. The predicted molar refractivity (Wildman–Crippen MR) is 77.2 cm³/mol. The Labute approximate surface area is 112 Å². The van der Waals surface area contributed by atoms with Crippen LogP contribution < -0.4 is 5.32 Å². The molecule has 1 atom stereocenters. The zero-order valence-corrected chi connectivity index (χ0v) is 11.9. The summed E-state index contributed by atoms with van der Waals surface area (Å²) in [5, 5.41) is 4.33. The quantitative estimate of drug-likeness (QED) is 0.891. The topological polar surface area (TPSA) is 37.8 Å². The molecular formula is C14H19N3S. The van der Waals surface area contributed by atoms with Crippen molar-refractivity contribution >= 4 is 16.7 Å². The molecular weight excluding hydrogens is 242 g/mol. The van der Waals surface area contributed by atoms with Crippen molar-refractivity contribution < 1.29 is 0 Å². The summed E-state index contributed by atoms with van der Waals surface area (Å²) in [5.74, 6) is 1.32. The van der Waals surface area contributed by atoms with Gasteiger partial charge in [-0.05, 0) is 18.9 Å². The average molecular weight is 261 g/mol. The van der Waals surface area contributed by atoms with Crippen molar-refractivity contribution in [3.05, 3.63) is 41.7 Å². The minimum absolute atomic E-state index is 0.361. The fourth-order valence-electron chi connectivity index (χ4n) is 1.76. The smallest absolute Gasteiger partial charge is 0.202 e. The summed E-state index contributed by atoms with van der Waals surface area (Å²) in [6.45, 7) is 6.39. The Morgan fingerprint density at radius 1 is 1.17 bits per heavy atom. The molecule has 1 heterocycles. The van der Waals surface area contributed by atoms with Gasteiger partial charge in [0.25, 0.3) is 0 Å². The molecule has 0 aliphatic rings. The lowest BCUT2D eigenvalue weighted by atomic mass is 10.1. The van der Waals surface area contributed by atoms with Crippen LogP contribution >= 0.6 is 11.5 Å². The minimum atomic E-state index is 0.361. The highest BCUT2D eigenvalue weighted by Crippen LogP contribution is 2.18. The van der Waals surface area contributed by atoms with Crippen LogP contribution in [0.4, 0.5) is 5.13 Å². The molecule has 0 spiro atoms. The van der Waals surface area contributed by atoms with E-state index in [9.17, 15) is 0 Å². The van der Waals surface area contributed by atoms with Gasteiger partial charge in [0, 0.05) is 23.5 Å². The summed E-state index contributed by atoms with van der Waals surface area (Å²) in [5.41, 5.74) is 1.34. The summed E-state index contributed by atoms with van der Waals surface area (Å²) in [6.07, 6.45) is 0.997. The lowest BCUT2D eigenvalue weighted by Gasteiger charge is -2.12. The van der Waals surface area contributed by atoms with Gasteiger partial charge in [-0.25, -0.2) is 4.98 Å². The first-order chi connectivity index (χ1) is 8.65. The molecule has 1 aromatic heterocycles. The van der Waals surface area contributed by atoms with Crippen LogP contribution in [0.3, 0.4) is 0 Å². The summed E-state index contributed by atoms with van der Waals surface area (Å²) in [6, 6.07) is 10.9. The van der Waals surface area contributed by atoms with Crippen LogP contribution in [-0.2, 0) is 6.42 Å². The Morgan fingerprint density at radius 2 is 1.89 bits per heavy atom. The maximum atomic E-state index is 4.49. The summed E-state index contributed by atoms with van der Waals surface area (Å²) >= 11 is 1.44. The number of hydrogen-bond donors (Lipinski definition) is 1. The molecule has 1 unspecified atom stereocenters. The Morgan fingerprint density at radius 3 is 2.50 bits per heavy atom. The third kappa shape index (κ3) is 3.53. The molecule has 0 amide bonds. The van der Waals surface area contributed by atoms with E-state index in [1.165, 1.54) is 17.1 Å². The van der Waals surface area contributed by atoms with Gasteiger partial charge in [0.05, 0.1) is 0 Å². The van der Waals surface area contributed by atoms with Crippen molar-refractivity contribution in [2.45, 2.75) is 39.2 Å².